The number of carbonyl (C=O) groups is 1. The highest BCUT2D eigenvalue weighted by molar-refractivity contribution is 6.30. The molecule has 3 aromatic carbocycles. The molecular formula is C23H21ClN2O5. The van der Waals surface area contributed by atoms with Gasteiger partial charge in [0, 0.05) is 16.1 Å². The molecule has 0 spiro atoms. The zero-order valence-corrected chi connectivity index (χ0v) is 18.0. The molecule has 3 aromatic rings. The lowest BCUT2D eigenvalue weighted by atomic mass is 10.1. The predicted molar refractivity (Wildman–Crippen MR) is 119 cm³/mol. The third-order valence-electron chi connectivity index (χ3n) is 4.26. The summed E-state index contributed by atoms with van der Waals surface area (Å²) in [4.78, 5) is 12.6. The number of hydrogen-bond acceptors (Lipinski definition) is 6. The number of hydrogen-bond donors (Lipinski definition) is 1. The van der Waals surface area contributed by atoms with Gasteiger partial charge in [0.2, 0.25) is 5.75 Å². The number of carbonyl (C=O) groups excluding carboxylic acids is 1. The third-order valence-corrected chi connectivity index (χ3v) is 4.51. The van der Waals surface area contributed by atoms with Crippen LogP contribution in [0, 0.1) is 0 Å². The summed E-state index contributed by atoms with van der Waals surface area (Å²) in [5, 5.41) is 4.67. The molecule has 0 radical (unpaired) electrons. The van der Waals surface area contributed by atoms with Crippen LogP contribution >= 0.6 is 11.6 Å². The van der Waals surface area contributed by atoms with Crippen LogP contribution in [0.25, 0.3) is 0 Å². The molecule has 0 bridgehead atoms. The molecule has 0 unspecified atom stereocenters. The SMILES string of the molecule is COc1cc(C(=O)NN=Cc2ccccc2Oc2ccc(Cl)cc2)cc(OC)c1OC. The molecule has 7 nitrogen and oxygen atoms in total. The number of para-hydroxylation sites is 1. The molecule has 0 aliphatic carbocycles. The van der Waals surface area contributed by atoms with E-state index < -0.39 is 5.91 Å². The normalized spacial score (nSPS) is 10.6. The van der Waals surface area contributed by atoms with Crippen LogP contribution in [-0.4, -0.2) is 33.5 Å². The number of nitrogens with one attached hydrogen (secondary N) is 1. The first-order valence-corrected chi connectivity index (χ1v) is 9.59. The van der Waals surface area contributed by atoms with Crippen LogP contribution in [0.1, 0.15) is 15.9 Å². The van der Waals surface area contributed by atoms with Gasteiger partial charge in [0.25, 0.3) is 5.91 Å². The number of rotatable bonds is 8. The van der Waals surface area contributed by atoms with E-state index in [1.165, 1.54) is 27.5 Å². The van der Waals surface area contributed by atoms with Gasteiger partial charge in [-0.15, -0.1) is 0 Å². The fraction of sp³-hybridized carbons (Fsp3) is 0.130. The van der Waals surface area contributed by atoms with Crippen molar-refractivity contribution in [3.05, 3.63) is 76.8 Å². The van der Waals surface area contributed by atoms with E-state index in [4.69, 9.17) is 30.5 Å². The molecule has 0 saturated carbocycles. The van der Waals surface area contributed by atoms with Crippen molar-refractivity contribution < 1.29 is 23.7 Å². The molecule has 0 aromatic heterocycles. The van der Waals surface area contributed by atoms with Gasteiger partial charge in [-0.2, -0.15) is 5.10 Å². The van der Waals surface area contributed by atoms with Gasteiger partial charge in [-0.1, -0.05) is 23.7 Å². The average Bonchev–Trinajstić information content (AvgIpc) is 2.80. The van der Waals surface area contributed by atoms with Crippen LogP contribution in [0.15, 0.2) is 65.8 Å². The lowest BCUT2D eigenvalue weighted by Crippen LogP contribution is -2.18. The molecule has 0 saturated heterocycles. The standard InChI is InChI=1S/C23H21ClN2O5/c1-28-20-12-16(13-21(29-2)22(20)30-3)23(27)26-25-14-15-6-4-5-7-19(15)31-18-10-8-17(24)9-11-18/h4-14H,1-3H3,(H,26,27). The summed E-state index contributed by atoms with van der Waals surface area (Å²) in [6, 6.07) is 17.4. The second-order valence-electron chi connectivity index (χ2n) is 6.21. The summed E-state index contributed by atoms with van der Waals surface area (Å²) < 4.78 is 21.7. The molecule has 1 N–H and O–H groups in total. The van der Waals surface area contributed by atoms with Crippen molar-refractivity contribution in [3.8, 4) is 28.7 Å². The molecule has 0 fully saturated rings. The van der Waals surface area contributed by atoms with E-state index in [-0.39, 0.29) is 0 Å². The maximum absolute atomic E-state index is 12.6. The van der Waals surface area contributed by atoms with Gasteiger partial charge < -0.3 is 18.9 Å². The first-order valence-electron chi connectivity index (χ1n) is 9.21. The van der Waals surface area contributed by atoms with Crippen molar-refractivity contribution in [2.45, 2.75) is 0 Å². The largest absolute Gasteiger partial charge is 0.493 e. The fourth-order valence-corrected chi connectivity index (χ4v) is 2.87. The van der Waals surface area contributed by atoms with E-state index in [9.17, 15) is 4.79 Å². The van der Waals surface area contributed by atoms with Gasteiger partial charge in [0.1, 0.15) is 11.5 Å². The van der Waals surface area contributed by atoms with Gasteiger partial charge >= 0.3 is 0 Å². The molecular weight excluding hydrogens is 420 g/mol. The fourth-order valence-electron chi connectivity index (χ4n) is 2.75. The Morgan fingerprint density at radius 1 is 0.903 bits per heavy atom. The van der Waals surface area contributed by atoms with E-state index in [1.54, 1.807) is 42.5 Å². The van der Waals surface area contributed by atoms with Crippen LogP contribution in [-0.2, 0) is 0 Å². The minimum atomic E-state index is -0.438. The molecule has 0 aliphatic heterocycles. The number of methoxy groups -OCH3 is 3. The Morgan fingerprint density at radius 2 is 1.55 bits per heavy atom. The van der Waals surface area contributed by atoms with Crippen molar-refractivity contribution in [2.24, 2.45) is 5.10 Å². The van der Waals surface area contributed by atoms with Crippen LogP contribution in [0.3, 0.4) is 0 Å². The summed E-state index contributed by atoms with van der Waals surface area (Å²) in [6.07, 6.45) is 1.50. The van der Waals surface area contributed by atoms with E-state index in [2.05, 4.69) is 10.5 Å². The molecule has 1 amide bonds. The molecule has 0 aliphatic rings. The van der Waals surface area contributed by atoms with E-state index in [0.29, 0.717) is 44.9 Å². The van der Waals surface area contributed by atoms with Crippen molar-refractivity contribution in [3.63, 3.8) is 0 Å². The number of hydrazone groups is 1. The lowest BCUT2D eigenvalue weighted by molar-refractivity contribution is 0.0954. The molecule has 0 heterocycles. The summed E-state index contributed by atoms with van der Waals surface area (Å²) in [5.41, 5.74) is 3.48. The van der Waals surface area contributed by atoms with Crippen molar-refractivity contribution >= 4 is 23.7 Å². The zero-order valence-electron chi connectivity index (χ0n) is 17.2. The van der Waals surface area contributed by atoms with Crippen molar-refractivity contribution in [1.82, 2.24) is 5.43 Å². The smallest absolute Gasteiger partial charge is 0.271 e. The number of ether oxygens (including phenoxy) is 4. The Balaban J connectivity index is 1.75. The Hall–Kier alpha value is -3.71. The highest BCUT2D eigenvalue weighted by atomic mass is 35.5. The van der Waals surface area contributed by atoms with E-state index in [0.717, 1.165) is 0 Å². The topological polar surface area (TPSA) is 78.4 Å². The third kappa shape index (κ3) is 5.46. The maximum atomic E-state index is 12.6. The van der Waals surface area contributed by atoms with Gasteiger partial charge in [-0.3, -0.25) is 4.79 Å². The van der Waals surface area contributed by atoms with Gasteiger partial charge in [-0.25, -0.2) is 5.43 Å². The Kier molecular flexibility index (Phi) is 7.35. The van der Waals surface area contributed by atoms with Crippen molar-refractivity contribution in [1.29, 1.82) is 0 Å². The van der Waals surface area contributed by atoms with Crippen LogP contribution in [0.4, 0.5) is 0 Å². The van der Waals surface area contributed by atoms with Crippen LogP contribution < -0.4 is 24.4 Å². The number of amides is 1. The monoisotopic (exact) mass is 440 g/mol. The van der Waals surface area contributed by atoms with Gasteiger partial charge in [0.15, 0.2) is 11.5 Å². The quantitative estimate of drug-likeness (QED) is 0.397. The van der Waals surface area contributed by atoms with Crippen LogP contribution in [0.2, 0.25) is 5.02 Å². The summed E-state index contributed by atoms with van der Waals surface area (Å²) >= 11 is 5.91. The van der Waals surface area contributed by atoms with E-state index >= 15 is 0 Å². The summed E-state index contributed by atoms with van der Waals surface area (Å²) in [7, 11) is 4.46. The minimum absolute atomic E-state index is 0.303. The molecule has 8 heteroatoms. The first-order chi connectivity index (χ1) is 15.0. The molecule has 160 valence electrons. The second kappa shape index (κ2) is 10.4. The Labute approximate surface area is 185 Å². The molecule has 3 rings (SSSR count). The highest BCUT2D eigenvalue weighted by Gasteiger charge is 2.16. The van der Waals surface area contributed by atoms with Crippen LogP contribution in [0.5, 0.6) is 28.7 Å². The lowest BCUT2D eigenvalue weighted by Gasteiger charge is -2.13. The van der Waals surface area contributed by atoms with Gasteiger partial charge in [-0.05, 0) is 48.5 Å². The summed E-state index contributed by atoms with van der Waals surface area (Å²) in [5.74, 6) is 1.92. The zero-order chi connectivity index (χ0) is 22.2. The number of nitrogens with zero attached hydrogens (tertiary/aromatic N) is 1. The molecule has 31 heavy (non-hydrogen) atoms. The van der Waals surface area contributed by atoms with Gasteiger partial charge in [0.05, 0.1) is 27.5 Å². The minimum Gasteiger partial charge on any atom is -0.493 e. The first kappa shape index (κ1) is 22.0. The number of halogens is 1. The maximum Gasteiger partial charge on any atom is 0.271 e. The Morgan fingerprint density at radius 3 is 2.16 bits per heavy atom. The second-order valence-corrected chi connectivity index (χ2v) is 6.64. The molecule has 0 atom stereocenters. The predicted octanol–water partition coefficient (Wildman–Crippen LogP) is 4.92. The highest BCUT2D eigenvalue weighted by Crippen LogP contribution is 2.38. The average molecular weight is 441 g/mol. The number of benzene rings is 3. The van der Waals surface area contributed by atoms with E-state index in [1.807, 2.05) is 18.2 Å². The Bertz CT molecular complexity index is 1060. The van der Waals surface area contributed by atoms with Crippen molar-refractivity contribution in [2.75, 3.05) is 21.3 Å². The summed E-state index contributed by atoms with van der Waals surface area (Å²) in [6.45, 7) is 0.